The van der Waals surface area contributed by atoms with Gasteiger partial charge in [-0.05, 0) is 31.2 Å². The zero-order valence-electron chi connectivity index (χ0n) is 24.9. The summed E-state index contributed by atoms with van der Waals surface area (Å²) < 4.78 is 43.0. The summed E-state index contributed by atoms with van der Waals surface area (Å²) in [5.41, 5.74) is 3.49. The van der Waals surface area contributed by atoms with Crippen molar-refractivity contribution in [2.24, 2.45) is 0 Å². The highest BCUT2D eigenvalue weighted by Crippen LogP contribution is 2.29. The van der Waals surface area contributed by atoms with Crippen molar-refractivity contribution >= 4 is 38.8 Å². The molecule has 5 rings (SSSR count). The number of piperazine rings is 1. The summed E-state index contributed by atoms with van der Waals surface area (Å²) in [6.07, 6.45) is 3.74. The standard InChI is InChI=1S/C32H32N2O5.CH4O3S/c1-23-30(36)26-12-8-11-25(32(26)39-31(23)24-9-4-3-5-10-24)15-16-29(35)38-22-21-33-17-19-34(20-18-33)27-13-6-7-14-28(27)37-2;1-5(2,3)4/h3-16H,17-22H2,1-2H3;1H3,(H,2,3,4). The summed E-state index contributed by atoms with van der Waals surface area (Å²) >= 11 is 0. The minimum atomic E-state index is -3.67. The third kappa shape index (κ3) is 8.79. The molecule has 0 spiro atoms. The van der Waals surface area contributed by atoms with Crippen molar-refractivity contribution in [1.82, 2.24) is 4.90 Å². The number of para-hydroxylation sites is 3. The molecule has 44 heavy (non-hydrogen) atoms. The van der Waals surface area contributed by atoms with Crippen LogP contribution in [-0.4, -0.2) is 76.5 Å². The lowest BCUT2D eigenvalue weighted by atomic mass is 10.0. The van der Waals surface area contributed by atoms with E-state index < -0.39 is 16.1 Å². The van der Waals surface area contributed by atoms with Gasteiger partial charge in [0.05, 0.1) is 24.4 Å². The van der Waals surface area contributed by atoms with Gasteiger partial charge in [0.2, 0.25) is 0 Å². The molecule has 1 fully saturated rings. The van der Waals surface area contributed by atoms with Gasteiger partial charge < -0.3 is 18.8 Å². The maximum absolute atomic E-state index is 13.0. The van der Waals surface area contributed by atoms with Crippen molar-refractivity contribution in [3.8, 4) is 17.1 Å². The molecular formula is C33H36N2O8S. The number of methoxy groups -OCH3 is 1. The maximum atomic E-state index is 13.0. The Kier molecular flexibility index (Phi) is 10.9. The average molecular weight is 621 g/mol. The third-order valence-corrected chi connectivity index (χ3v) is 7.06. The molecule has 4 aromatic rings. The van der Waals surface area contributed by atoms with E-state index in [0.717, 1.165) is 43.2 Å². The van der Waals surface area contributed by atoms with Crippen molar-refractivity contribution in [2.75, 3.05) is 57.6 Å². The Morgan fingerprint density at radius 3 is 2.32 bits per heavy atom. The van der Waals surface area contributed by atoms with Crippen LogP contribution in [0.1, 0.15) is 11.1 Å². The zero-order valence-corrected chi connectivity index (χ0v) is 25.7. The lowest BCUT2D eigenvalue weighted by molar-refractivity contribution is -0.138. The van der Waals surface area contributed by atoms with Gasteiger partial charge in [0, 0.05) is 55.5 Å². The first kappa shape index (κ1) is 32.5. The number of rotatable bonds is 8. The molecule has 0 aliphatic carbocycles. The molecule has 11 heteroatoms. The van der Waals surface area contributed by atoms with E-state index >= 15 is 0 Å². The highest BCUT2D eigenvalue weighted by molar-refractivity contribution is 7.85. The minimum Gasteiger partial charge on any atom is -0.495 e. The molecule has 1 aliphatic rings. The highest BCUT2D eigenvalue weighted by atomic mass is 32.2. The van der Waals surface area contributed by atoms with Gasteiger partial charge in [-0.2, -0.15) is 8.42 Å². The second-order valence-electron chi connectivity index (χ2n) is 10.2. The Bertz CT molecular complexity index is 1770. The van der Waals surface area contributed by atoms with Gasteiger partial charge in [-0.1, -0.05) is 54.6 Å². The van der Waals surface area contributed by atoms with Gasteiger partial charge in [-0.3, -0.25) is 14.2 Å². The average Bonchev–Trinajstić information content (AvgIpc) is 3.01. The number of ether oxygens (including phenoxy) is 2. The van der Waals surface area contributed by atoms with Crippen LogP contribution in [0.4, 0.5) is 5.69 Å². The fourth-order valence-corrected chi connectivity index (χ4v) is 4.91. The van der Waals surface area contributed by atoms with Crippen LogP contribution in [0.25, 0.3) is 28.4 Å². The summed E-state index contributed by atoms with van der Waals surface area (Å²) in [6, 6.07) is 22.9. The quantitative estimate of drug-likeness (QED) is 0.169. The van der Waals surface area contributed by atoms with Gasteiger partial charge in [0.1, 0.15) is 23.7 Å². The smallest absolute Gasteiger partial charge is 0.330 e. The molecule has 232 valence electrons. The van der Waals surface area contributed by atoms with Crippen LogP contribution in [0.15, 0.2) is 88.1 Å². The van der Waals surface area contributed by atoms with Crippen molar-refractivity contribution in [1.29, 1.82) is 0 Å². The molecule has 10 nitrogen and oxygen atoms in total. The molecule has 3 aromatic carbocycles. The molecule has 2 heterocycles. The van der Waals surface area contributed by atoms with Gasteiger partial charge in [0.15, 0.2) is 5.43 Å². The first-order chi connectivity index (χ1) is 21.0. The molecule has 0 atom stereocenters. The van der Waals surface area contributed by atoms with Crippen LogP contribution in [0.2, 0.25) is 0 Å². The van der Waals surface area contributed by atoms with Gasteiger partial charge in [-0.25, -0.2) is 4.79 Å². The van der Waals surface area contributed by atoms with Crippen molar-refractivity contribution < 1.29 is 31.7 Å². The largest absolute Gasteiger partial charge is 0.495 e. The van der Waals surface area contributed by atoms with E-state index in [1.54, 1.807) is 32.2 Å². The molecule has 0 radical (unpaired) electrons. The fraction of sp³-hybridized carbons (Fsp3) is 0.273. The van der Waals surface area contributed by atoms with Crippen molar-refractivity contribution in [3.63, 3.8) is 0 Å². The van der Waals surface area contributed by atoms with Crippen LogP contribution in [-0.2, 0) is 19.6 Å². The molecule has 1 N–H and O–H groups in total. The van der Waals surface area contributed by atoms with E-state index in [4.69, 9.17) is 18.4 Å². The molecule has 0 unspecified atom stereocenters. The predicted octanol–water partition coefficient (Wildman–Crippen LogP) is 4.66. The highest BCUT2D eigenvalue weighted by Gasteiger charge is 2.19. The van der Waals surface area contributed by atoms with E-state index in [-0.39, 0.29) is 5.43 Å². The lowest BCUT2D eigenvalue weighted by Gasteiger charge is -2.36. The summed E-state index contributed by atoms with van der Waals surface area (Å²) in [6.45, 7) is 6.26. The monoisotopic (exact) mass is 620 g/mol. The van der Waals surface area contributed by atoms with Gasteiger partial charge >= 0.3 is 5.97 Å². The minimum absolute atomic E-state index is 0.0845. The predicted molar refractivity (Wildman–Crippen MR) is 172 cm³/mol. The molecule has 0 amide bonds. The maximum Gasteiger partial charge on any atom is 0.330 e. The van der Waals surface area contributed by atoms with Crippen LogP contribution in [0.5, 0.6) is 5.75 Å². The number of benzene rings is 3. The summed E-state index contributed by atoms with van der Waals surface area (Å²) in [5, 5.41) is 0.481. The number of hydrogen-bond acceptors (Lipinski definition) is 9. The molecular weight excluding hydrogens is 584 g/mol. The second kappa shape index (κ2) is 14.8. The summed E-state index contributed by atoms with van der Waals surface area (Å²) in [7, 11) is -1.98. The first-order valence-electron chi connectivity index (χ1n) is 14.0. The molecule has 1 aliphatic heterocycles. The van der Waals surface area contributed by atoms with Crippen LogP contribution in [0.3, 0.4) is 0 Å². The summed E-state index contributed by atoms with van der Waals surface area (Å²) in [5.74, 6) is 0.975. The normalized spacial score (nSPS) is 13.9. The first-order valence-corrected chi connectivity index (χ1v) is 15.9. The Balaban J connectivity index is 0.000000818. The van der Waals surface area contributed by atoms with Crippen LogP contribution < -0.4 is 15.1 Å². The van der Waals surface area contributed by atoms with E-state index in [1.807, 2.05) is 54.6 Å². The number of carbonyl (C=O) groups is 1. The molecule has 1 aromatic heterocycles. The molecule has 0 bridgehead atoms. The number of esters is 1. The van der Waals surface area contributed by atoms with Crippen molar-refractivity contribution in [2.45, 2.75) is 6.92 Å². The number of anilines is 1. The van der Waals surface area contributed by atoms with Crippen LogP contribution in [0, 0.1) is 6.92 Å². The van der Waals surface area contributed by atoms with Crippen LogP contribution >= 0.6 is 0 Å². The number of nitrogens with zero attached hydrogens (tertiary/aromatic N) is 2. The fourth-order valence-electron chi connectivity index (χ4n) is 4.91. The SMILES string of the molecule is COc1ccccc1N1CCN(CCOC(=O)C=Cc2cccc3c(=O)c(C)c(-c4ccccc4)oc23)CC1.CS(=O)(=O)O. The topological polar surface area (TPSA) is 127 Å². The van der Waals surface area contributed by atoms with Crippen molar-refractivity contribution in [3.05, 3.63) is 100 Å². The number of fused-ring (bicyclic) bond motifs is 1. The number of hydrogen-bond donors (Lipinski definition) is 1. The van der Waals surface area contributed by atoms with Gasteiger partial charge in [0.25, 0.3) is 10.1 Å². The van der Waals surface area contributed by atoms with E-state index in [0.29, 0.717) is 47.3 Å². The second-order valence-corrected chi connectivity index (χ2v) is 11.7. The zero-order chi connectivity index (χ0) is 31.7. The Labute approximate surface area is 256 Å². The number of carbonyl (C=O) groups excluding carboxylic acids is 1. The third-order valence-electron chi connectivity index (χ3n) is 7.06. The lowest BCUT2D eigenvalue weighted by Crippen LogP contribution is -2.47. The van der Waals surface area contributed by atoms with E-state index in [9.17, 15) is 18.0 Å². The van der Waals surface area contributed by atoms with Gasteiger partial charge in [-0.15, -0.1) is 0 Å². The van der Waals surface area contributed by atoms with E-state index in [2.05, 4.69) is 15.9 Å². The Morgan fingerprint density at radius 2 is 1.64 bits per heavy atom. The Morgan fingerprint density at radius 1 is 0.977 bits per heavy atom. The molecule has 0 saturated carbocycles. The summed E-state index contributed by atoms with van der Waals surface area (Å²) in [4.78, 5) is 30.1. The Hall–Kier alpha value is -4.45. The molecule has 1 saturated heterocycles. The van der Waals surface area contributed by atoms with E-state index in [1.165, 1.54) is 6.08 Å².